The van der Waals surface area contributed by atoms with Crippen LogP contribution in [-0.2, 0) is 0 Å². The Morgan fingerprint density at radius 2 is 1.81 bits per heavy atom. The van der Waals surface area contributed by atoms with Crippen LogP contribution in [0.5, 0.6) is 0 Å². The van der Waals surface area contributed by atoms with E-state index in [9.17, 15) is 4.79 Å². The van der Waals surface area contributed by atoms with Crippen molar-refractivity contribution in [3.8, 4) is 0 Å². The number of benzene rings is 2. The van der Waals surface area contributed by atoms with Crippen LogP contribution in [0.15, 0.2) is 42.5 Å². The zero-order chi connectivity index (χ0) is 15.6. The summed E-state index contributed by atoms with van der Waals surface area (Å²) in [5.74, 6) is -0.0905. The molecular weight excluding hydrogens is 304 g/mol. The van der Waals surface area contributed by atoms with E-state index in [2.05, 4.69) is 0 Å². The maximum absolute atomic E-state index is 12.5. The molecule has 0 fully saturated rings. The Kier molecular flexibility index (Phi) is 4.60. The summed E-state index contributed by atoms with van der Waals surface area (Å²) in [5, 5.41) is 0.618. The van der Waals surface area contributed by atoms with Gasteiger partial charge >= 0.3 is 0 Å². The van der Waals surface area contributed by atoms with Gasteiger partial charge in [0.2, 0.25) is 0 Å². The van der Waals surface area contributed by atoms with Gasteiger partial charge in [0, 0.05) is 28.9 Å². The van der Waals surface area contributed by atoms with Gasteiger partial charge in [0.25, 0.3) is 5.91 Å². The van der Waals surface area contributed by atoms with E-state index in [1.807, 2.05) is 19.1 Å². The van der Waals surface area contributed by atoms with Gasteiger partial charge < -0.3 is 10.6 Å². The Morgan fingerprint density at radius 3 is 2.33 bits per heavy atom. The number of halogens is 1. The van der Waals surface area contributed by atoms with Crippen molar-refractivity contribution in [2.24, 2.45) is 5.73 Å². The molecule has 0 saturated heterocycles. The molecule has 3 nitrogen and oxygen atoms in total. The SMILES string of the molecule is Cc1cc(Cl)ccc1C(=O)N(C)c1ccc(C(N)=S)cc1. The van der Waals surface area contributed by atoms with Crippen molar-refractivity contribution >= 4 is 40.4 Å². The molecule has 5 heteroatoms. The number of nitrogens with zero attached hydrogens (tertiary/aromatic N) is 1. The van der Waals surface area contributed by atoms with E-state index in [4.69, 9.17) is 29.6 Å². The highest BCUT2D eigenvalue weighted by Crippen LogP contribution is 2.20. The minimum Gasteiger partial charge on any atom is -0.389 e. The largest absolute Gasteiger partial charge is 0.389 e. The second kappa shape index (κ2) is 6.24. The molecule has 0 aromatic heterocycles. The van der Waals surface area contributed by atoms with Crippen LogP contribution in [0.4, 0.5) is 5.69 Å². The molecule has 0 spiro atoms. The number of aryl methyl sites for hydroxylation is 1. The first-order valence-corrected chi connectivity index (χ1v) is 7.13. The number of hydrogen-bond acceptors (Lipinski definition) is 2. The topological polar surface area (TPSA) is 46.3 Å². The van der Waals surface area contributed by atoms with Gasteiger partial charge in [-0.15, -0.1) is 0 Å². The summed E-state index contributed by atoms with van der Waals surface area (Å²) in [6, 6.07) is 12.5. The van der Waals surface area contributed by atoms with Crippen molar-refractivity contribution in [1.82, 2.24) is 0 Å². The maximum atomic E-state index is 12.5. The van der Waals surface area contributed by atoms with E-state index in [1.54, 1.807) is 42.3 Å². The molecule has 2 aromatic carbocycles. The minimum atomic E-state index is -0.0905. The quantitative estimate of drug-likeness (QED) is 0.880. The number of amides is 1. The minimum absolute atomic E-state index is 0.0905. The average molecular weight is 319 g/mol. The fourth-order valence-corrected chi connectivity index (χ4v) is 2.38. The Labute approximate surface area is 134 Å². The van der Waals surface area contributed by atoms with E-state index in [-0.39, 0.29) is 5.91 Å². The third-order valence-electron chi connectivity index (χ3n) is 3.26. The molecule has 1 amide bonds. The van der Waals surface area contributed by atoms with Gasteiger partial charge in [0.05, 0.1) is 0 Å². The van der Waals surface area contributed by atoms with Crippen LogP contribution < -0.4 is 10.6 Å². The molecule has 108 valence electrons. The zero-order valence-electron chi connectivity index (χ0n) is 11.8. The van der Waals surface area contributed by atoms with E-state index in [1.165, 1.54) is 0 Å². The fourth-order valence-electron chi connectivity index (χ4n) is 2.01. The predicted molar refractivity (Wildman–Crippen MR) is 91.3 cm³/mol. The van der Waals surface area contributed by atoms with Gasteiger partial charge in [0.1, 0.15) is 4.99 Å². The predicted octanol–water partition coefficient (Wildman–Crippen LogP) is 3.56. The molecule has 0 heterocycles. The first-order chi connectivity index (χ1) is 9.90. The van der Waals surface area contributed by atoms with Crippen molar-refractivity contribution in [1.29, 1.82) is 0 Å². The monoisotopic (exact) mass is 318 g/mol. The smallest absolute Gasteiger partial charge is 0.258 e. The highest BCUT2D eigenvalue weighted by molar-refractivity contribution is 7.80. The Balaban J connectivity index is 2.28. The normalized spacial score (nSPS) is 10.2. The van der Waals surface area contributed by atoms with Crippen LogP contribution >= 0.6 is 23.8 Å². The second-order valence-electron chi connectivity index (χ2n) is 4.73. The lowest BCUT2D eigenvalue weighted by atomic mass is 10.1. The van der Waals surface area contributed by atoms with Crippen molar-refractivity contribution in [3.63, 3.8) is 0 Å². The maximum Gasteiger partial charge on any atom is 0.258 e. The van der Waals surface area contributed by atoms with E-state index < -0.39 is 0 Å². The molecule has 0 saturated carbocycles. The molecule has 21 heavy (non-hydrogen) atoms. The zero-order valence-corrected chi connectivity index (χ0v) is 13.3. The summed E-state index contributed by atoms with van der Waals surface area (Å²) >= 11 is 10.8. The van der Waals surface area contributed by atoms with E-state index >= 15 is 0 Å². The fraction of sp³-hybridized carbons (Fsp3) is 0.125. The van der Waals surface area contributed by atoms with Crippen LogP contribution in [0.25, 0.3) is 0 Å². The van der Waals surface area contributed by atoms with Gasteiger partial charge in [-0.05, 0) is 55.0 Å². The standard InChI is InChI=1S/C16H15ClN2OS/c1-10-9-12(17)5-8-14(10)16(20)19(2)13-6-3-11(4-7-13)15(18)21/h3-9H,1-2H3,(H2,18,21). The second-order valence-corrected chi connectivity index (χ2v) is 5.61. The average Bonchev–Trinajstić information content (AvgIpc) is 2.46. The van der Waals surface area contributed by atoms with Crippen LogP contribution in [-0.4, -0.2) is 17.9 Å². The number of nitrogens with two attached hydrogens (primary N) is 1. The summed E-state index contributed by atoms with van der Waals surface area (Å²) in [6.07, 6.45) is 0. The van der Waals surface area contributed by atoms with E-state index in [0.29, 0.717) is 15.6 Å². The molecule has 2 N–H and O–H groups in total. The molecule has 2 rings (SSSR count). The molecule has 0 radical (unpaired) electrons. The van der Waals surface area contributed by atoms with Gasteiger partial charge in [-0.2, -0.15) is 0 Å². The van der Waals surface area contributed by atoms with Crippen LogP contribution in [0.2, 0.25) is 5.02 Å². The number of carbonyl (C=O) groups is 1. The first kappa shape index (κ1) is 15.5. The summed E-state index contributed by atoms with van der Waals surface area (Å²) in [5.41, 5.74) is 8.58. The number of hydrogen-bond donors (Lipinski definition) is 1. The molecule has 0 aliphatic heterocycles. The van der Waals surface area contributed by atoms with E-state index in [0.717, 1.165) is 16.8 Å². The number of rotatable bonds is 3. The van der Waals surface area contributed by atoms with Crippen molar-refractivity contribution in [2.75, 3.05) is 11.9 Å². The van der Waals surface area contributed by atoms with Crippen LogP contribution in [0.3, 0.4) is 0 Å². The van der Waals surface area contributed by atoms with Gasteiger partial charge in [-0.1, -0.05) is 23.8 Å². The van der Waals surface area contributed by atoms with Gasteiger partial charge in [-0.25, -0.2) is 0 Å². The molecule has 0 bridgehead atoms. The Morgan fingerprint density at radius 1 is 1.19 bits per heavy atom. The summed E-state index contributed by atoms with van der Waals surface area (Å²) in [4.78, 5) is 14.4. The van der Waals surface area contributed by atoms with Crippen molar-refractivity contribution < 1.29 is 4.79 Å². The lowest BCUT2D eigenvalue weighted by Gasteiger charge is -2.19. The highest BCUT2D eigenvalue weighted by Gasteiger charge is 2.15. The molecule has 2 aromatic rings. The lowest BCUT2D eigenvalue weighted by Crippen LogP contribution is -2.27. The van der Waals surface area contributed by atoms with Crippen molar-refractivity contribution in [2.45, 2.75) is 6.92 Å². The Hall–Kier alpha value is -1.91. The third kappa shape index (κ3) is 3.40. The van der Waals surface area contributed by atoms with Crippen LogP contribution in [0, 0.1) is 6.92 Å². The van der Waals surface area contributed by atoms with Gasteiger partial charge in [0.15, 0.2) is 0 Å². The van der Waals surface area contributed by atoms with Crippen LogP contribution in [0.1, 0.15) is 21.5 Å². The number of anilines is 1. The summed E-state index contributed by atoms with van der Waals surface area (Å²) in [6.45, 7) is 1.86. The highest BCUT2D eigenvalue weighted by atomic mass is 35.5. The molecular formula is C16H15ClN2OS. The molecule has 0 aliphatic rings. The lowest BCUT2D eigenvalue weighted by molar-refractivity contribution is 0.0992. The summed E-state index contributed by atoms with van der Waals surface area (Å²) in [7, 11) is 1.73. The molecule has 0 atom stereocenters. The van der Waals surface area contributed by atoms with Gasteiger partial charge in [-0.3, -0.25) is 4.79 Å². The first-order valence-electron chi connectivity index (χ1n) is 6.34. The number of carbonyl (C=O) groups excluding carboxylic acids is 1. The Bertz CT molecular complexity index is 698. The molecule has 0 aliphatic carbocycles. The van der Waals surface area contributed by atoms with Crippen molar-refractivity contribution in [3.05, 3.63) is 64.2 Å². The summed E-state index contributed by atoms with van der Waals surface area (Å²) < 4.78 is 0. The molecule has 0 unspecified atom stereocenters. The third-order valence-corrected chi connectivity index (χ3v) is 3.73. The number of thiocarbonyl (C=S) groups is 1.